The Hall–Kier alpha value is -4.26. The fourth-order valence-corrected chi connectivity index (χ4v) is 3.40. The molecule has 0 fully saturated rings. The molecule has 0 aliphatic heterocycles. The summed E-state index contributed by atoms with van der Waals surface area (Å²) in [7, 11) is 0. The lowest BCUT2D eigenvalue weighted by molar-refractivity contribution is -0.142. The molecule has 13 heteroatoms. The Morgan fingerprint density at radius 1 is 0.919 bits per heavy atom. The van der Waals surface area contributed by atoms with Crippen molar-refractivity contribution >= 4 is 29.6 Å². The number of carbonyl (C=O) groups excluding carboxylic acids is 4. The zero-order valence-corrected chi connectivity index (χ0v) is 20.6. The first-order valence-electron chi connectivity index (χ1n) is 11.7. The molecule has 4 amide bonds. The molecular weight excluding hydrogens is 482 g/mol. The lowest BCUT2D eigenvalue weighted by Gasteiger charge is -2.25. The van der Waals surface area contributed by atoms with Crippen molar-refractivity contribution < 1.29 is 29.1 Å². The van der Waals surface area contributed by atoms with Crippen molar-refractivity contribution in [2.24, 2.45) is 17.4 Å². The lowest BCUT2D eigenvalue weighted by atomic mass is 10.0. The predicted molar refractivity (Wildman–Crippen MR) is 132 cm³/mol. The Morgan fingerprint density at radius 3 is 2.05 bits per heavy atom. The number of aromatic nitrogens is 2. The quantitative estimate of drug-likeness (QED) is 0.158. The number of carboxylic acids is 1. The van der Waals surface area contributed by atoms with Gasteiger partial charge in [-0.3, -0.25) is 19.2 Å². The van der Waals surface area contributed by atoms with Crippen molar-refractivity contribution in [3.8, 4) is 0 Å². The smallest absolute Gasteiger partial charge is 0.326 e. The predicted octanol–water partition coefficient (Wildman–Crippen LogP) is -1.41. The van der Waals surface area contributed by atoms with Crippen LogP contribution in [0, 0.1) is 5.92 Å². The summed E-state index contributed by atoms with van der Waals surface area (Å²) in [5.41, 5.74) is 12.3. The van der Waals surface area contributed by atoms with E-state index < -0.39 is 60.2 Å². The summed E-state index contributed by atoms with van der Waals surface area (Å²) in [6, 6.07) is 3.84. The summed E-state index contributed by atoms with van der Waals surface area (Å²) in [4.78, 5) is 68.7. The highest BCUT2D eigenvalue weighted by Crippen LogP contribution is 2.07. The number of nitrogens with two attached hydrogens (primary N) is 2. The fourth-order valence-electron chi connectivity index (χ4n) is 3.40. The minimum atomic E-state index is -1.40. The number of nitrogens with one attached hydrogen (secondary N) is 4. The number of hydrogen-bond donors (Lipinski definition) is 7. The fraction of sp³-hybridized carbons (Fsp3) is 0.417. The molecule has 0 spiro atoms. The largest absolute Gasteiger partial charge is 0.480 e. The van der Waals surface area contributed by atoms with Gasteiger partial charge in [-0.2, -0.15) is 0 Å². The molecule has 2 aromatic rings. The van der Waals surface area contributed by atoms with Gasteiger partial charge in [0, 0.05) is 24.7 Å². The standard InChI is InChI=1S/C24H33N7O6/c1-13(2)20(26)23(35)30-17(10-19(25)32)22(34)29-16(9-15-11-27-12-28-15)21(33)31-18(24(36)37)8-14-6-4-3-5-7-14/h3-7,11-13,16-18,20H,8-10,26H2,1-2H3,(H2,25,32)(H,27,28)(H,29,34)(H,30,35)(H,31,33)(H,36,37). The summed E-state index contributed by atoms with van der Waals surface area (Å²) >= 11 is 0. The van der Waals surface area contributed by atoms with Crippen LogP contribution in [0.25, 0.3) is 0 Å². The van der Waals surface area contributed by atoms with Gasteiger partial charge in [0.1, 0.15) is 18.1 Å². The van der Waals surface area contributed by atoms with Gasteiger partial charge in [-0.25, -0.2) is 9.78 Å². The third-order valence-corrected chi connectivity index (χ3v) is 5.57. The van der Waals surface area contributed by atoms with E-state index in [-0.39, 0.29) is 18.8 Å². The van der Waals surface area contributed by atoms with Gasteiger partial charge in [-0.05, 0) is 11.5 Å². The van der Waals surface area contributed by atoms with Crippen molar-refractivity contribution in [1.82, 2.24) is 25.9 Å². The number of nitrogens with zero attached hydrogens (tertiary/aromatic N) is 1. The van der Waals surface area contributed by atoms with Gasteiger partial charge in [-0.1, -0.05) is 44.2 Å². The van der Waals surface area contributed by atoms with Crippen LogP contribution < -0.4 is 27.4 Å². The van der Waals surface area contributed by atoms with E-state index in [1.54, 1.807) is 44.2 Å². The van der Waals surface area contributed by atoms with E-state index in [1.165, 1.54) is 12.5 Å². The normalized spacial score (nSPS) is 14.2. The number of H-pyrrole nitrogens is 1. The summed E-state index contributed by atoms with van der Waals surface area (Å²) in [6.07, 6.45) is 2.23. The molecule has 1 heterocycles. The number of carboxylic acid groups (broad SMARTS) is 1. The van der Waals surface area contributed by atoms with Crippen LogP contribution in [0.3, 0.4) is 0 Å². The highest BCUT2D eigenvalue weighted by atomic mass is 16.4. The van der Waals surface area contributed by atoms with Gasteiger partial charge in [0.25, 0.3) is 0 Å². The first-order valence-corrected chi connectivity index (χ1v) is 11.7. The Morgan fingerprint density at radius 2 is 1.51 bits per heavy atom. The molecule has 9 N–H and O–H groups in total. The van der Waals surface area contributed by atoms with Crippen LogP contribution >= 0.6 is 0 Å². The maximum absolute atomic E-state index is 13.2. The molecule has 0 saturated heterocycles. The van der Waals surface area contributed by atoms with Crippen LogP contribution in [-0.4, -0.2) is 68.8 Å². The summed E-state index contributed by atoms with van der Waals surface area (Å²) in [5, 5.41) is 17.0. The van der Waals surface area contributed by atoms with Gasteiger partial charge >= 0.3 is 5.97 Å². The van der Waals surface area contributed by atoms with Gasteiger partial charge in [0.05, 0.1) is 18.8 Å². The molecule has 1 aromatic carbocycles. The number of carbonyl (C=O) groups is 5. The second-order valence-electron chi connectivity index (χ2n) is 8.93. The Bertz CT molecular complexity index is 1070. The van der Waals surface area contributed by atoms with E-state index in [2.05, 4.69) is 25.9 Å². The van der Waals surface area contributed by atoms with E-state index in [1.807, 2.05) is 0 Å². The van der Waals surface area contributed by atoms with Crippen molar-refractivity contribution in [1.29, 1.82) is 0 Å². The van der Waals surface area contributed by atoms with Crippen LogP contribution in [0.15, 0.2) is 42.9 Å². The lowest BCUT2D eigenvalue weighted by Crippen LogP contribution is -2.58. The monoisotopic (exact) mass is 515 g/mol. The van der Waals surface area contributed by atoms with Gasteiger partial charge in [-0.15, -0.1) is 0 Å². The average Bonchev–Trinajstić information content (AvgIpc) is 3.35. The molecule has 0 aliphatic rings. The number of rotatable bonds is 14. The number of primary amides is 1. The van der Waals surface area contributed by atoms with E-state index >= 15 is 0 Å². The van der Waals surface area contributed by atoms with Crippen LogP contribution in [-0.2, 0) is 36.8 Å². The molecule has 0 radical (unpaired) electrons. The number of hydrogen-bond acceptors (Lipinski definition) is 7. The van der Waals surface area contributed by atoms with E-state index in [0.29, 0.717) is 11.3 Å². The van der Waals surface area contributed by atoms with E-state index in [9.17, 15) is 29.1 Å². The zero-order chi connectivity index (χ0) is 27.5. The molecule has 37 heavy (non-hydrogen) atoms. The Labute approximate surface area is 213 Å². The highest BCUT2D eigenvalue weighted by Gasteiger charge is 2.32. The van der Waals surface area contributed by atoms with Crippen molar-refractivity contribution in [2.75, 3.05) is 0 Å². The van der Waals surface area contributed by atoms with E-state index in [4.69, 9.17) is 11.5 Å². The molecule has 0 saturated carbocycles. The number of benzene rings is 1. The third kappa shape index (κ3) is 9.37. The topological polar surface area (TPSA) is 222 Å². The number of aromatic amines is 1. The van der Waals surface area contributed by atoms with E-state index in [0.717, 1.165) is 0 Å². The molecule has 1 aromatic heterocycles. The second kappa shape index (κ2) is 13.7. The van der Waals surface area contributed by atoms with Gasteiger partial charge in [0.2, 0.25) is 23.6 Å². The summed E-state index contributed by atoms with van der Waals surface area (Å²) < 4.78 is 0. The number of aliphatic carboxylic acids is 1. The molecule has 2 rings (SSSR count). The third-order valence-electron chi connectivity index (χ3n) is 5.57. The molecule has 13 nitrogen and oxygen atoms in total. The van der Waals surface area contributed by atoms with Crippen LogP contribution in [0.2, 0.25) is 0 Å². The molecule has 0 bridgehead atoms. The van der Waals surface area contributed by atoms with Crippen LogP contribution in [0.5, 0.6) is 0 Å². The minimum Gasteiger partial charge on any atom is -0.480 e. The SMILES string of the molecule is CC(C)C(N)C(=O)NC(CC(N)=O)C(=O)NC(Cc1cnc[nH]1)C(=O)NC(Cc1ccccc1)C(=O)O. The Balaban J connectivity index is 2.22. The van der Waals surface area contributed by atoms with Crippen LogP contribution in [0.1, 0.15) is 31.5 Å². The molecule has 4 atom stereocenters. The molecule has 200 valence electrons. The first-order chi connectivity index (χ1) is 17.5. The minimum absolute atomic E-state index is 0.0140. The zero-order valence-electron chi connectivity index (χ0n) is 20.6. The van der Waals surface area contributed by atoms with Crippen molar-refractivity contribution in [3.63, 3.8) is 0 Å². The first kappa shape index (κ1) is 29.0. The Kier molecular flexibility index (Phi) is 10.8. The average molecular weight is 516 g/mol. The number of amides is 4. The second-order valence-corrected chi connectivity index (χ2v) is 8.93. The highest BCUT2D eigenvalue weighted by molar-refractivity contribution is 5.96. The summed E-state index contributed by atoms with van der Waals surface area (Å²) in [5.74, 6) is -4.67. The van der Waals surface area contributed by atoms with Gasteiger partial charge in [0.15, 0.2) is 0 Å². The molecule has 0 aliphatic carbocycles. The molecule has 4 unspecified atom stereocenters. The maximum Gasteiger partial charge on any atom is 0.326 e. The number of imidazole rings is 1. The van der Waals surface area contributed by atoms with Crippen LogP contribution in [0.4, 0.5) is 0 Å². The van der Waals surface area contributed by atoms with Gasteiger partial charge < -0.3 is 37.5 Å². The summed E-state index contributed by atoms with van der Waals surface area (Å²) in [6.45, 7) is 3.43. The maximum atomic E-state index is 13.2. The van der Waals surface area contributed by atoms with Crippen molar-refractivity contribution in [3.05, 3.63) is 54.1 Å². The van der Waals surface area contributed by atoms with Crippen molar-refractivity contribution in [2.45, 2.75) is 57.3 Å². The molecular formula is C24H33N7O6.